The molecule has 0 heterocycles. The number of carbonyl (C=O) groups excluding carboxylic acids is 1. The highest BCUT2D eigenvalue weighted by atomic mass is 16.2. The second-order valence-corrected chi connectivity index (χ2v) is 11.8. The summed E-state index contributed by atoms with van der Waals surface area (Å²) in [5, 5.41) is 0. The summed E-state index contributed by atoms with van der Waals surface area (Å²) in [5.41, 5.74) is 4.19. The second kappa shape index (κ2) is 7.19. The van der Waals surface area contributed by atoms with Gasteiger partial charge in [0.15, 0.2) is 0 Å². The number of benzene rings is 2. The van der Waals surface area contributed by atoms with Crippen LogP contribution in [-0.2, 0) is 15.6 Å². The third kappa shape index (κ3) is 3.02. The van der Waals surface area contributed by atoms with Crippen LogP contribution in [0.2, 0.25) is 0 Å². The molecule has 0 spiro atoms. The number of allylic oxidation sites excluding steroid dienone is 4. The predicted octanol–water partition coefficient (Wildman–Crippen LogP) is 6.58. The van der Waals surface area contributed by atoms with Crippen molar-refractivity contribution in [3.05, 3.63) is 95.6 Å². The molecule has 2 atom stereocenters. The van der Waals surface area contributed by atoms with Crippen molar-refractivity contribution in [2.75, 3.05) is 14.1 Å². The van der Waals surface area contributed by atoms with Crippen LogP contribution in [0, 0.1) is 10.8 Å². The average molecular weight is 438 g/mol. The fourth-order valence-corrected chi connectivity index (χ4v) is 8.85. The predicted molar refractivity (Wildman–Crippen MR) is 134 cm³/mol. The summed E-state index contributed by atoms with van der Waals surface area (Å²) in [6.45, 7) is 0. The van der Waals surface area contributed by atoms with Gasteiger partial charge in [0.05, 0.1) is 5.41 Å². The minimum absolute atomic E-state index is 0.0314. The van der Waals surface area contributed by atoms with Crippen LogP contribution < -0.4 is 0 Å². The quantitative estimate of drug-likeness (QED) is 0.529. The molecule has 0 aliphatic heterocycles. The summed E-state index contributed by atoms with van der Waals surface area (Å²) < 4.78 is 0. The second-order valence-electron chi connectivity index (χ2n) is 11.8. The smallest absolute Gasteiger partial charge is 0.228 e. The molecule has 0 N–H and O–H groups in total. The first-order valence-electron chi connectivity index (χ1n) is 12.6. The van der Waals surface area contributed by atoms with Gasteiger partial charge >= 0.3 is 0 Å². The fourth-order valence-electron chi connectivity index (χ4n) is 8.85. The van der Waals surface area contributed by atoms with Crippen molar-refractivity contribution in [1.82, 2.24) is 4.90 Å². The Labute approximate surface area is 198 Å². The summed E-state index contributed by atoms with van der Waals surface area (Å²) >= 11 is 0. The normalized spacial score (nSPS) is 36.5. The summed E-state index contributed by atoms with van der Waals surface area (Å²) in [5.74, 6) is 0.340. The lowest BCUT2D eigenvalue weighted by molar-refractivity contribution is -0.170. The molecular formula is C31H35NO. The van der Waals surface area contributed by atoms with E-state index in [1.54, 1.807) is 0 Å². The number of amides is 1. The zero-order valence-corrected chi connectivity index (χ0v) is 20.0. The molecule has 0 aromatic heterocycles. The molecule has 5 aliphatic rings. The van der Waals surface area contributed by atoms with Crippen molar-refractivity contribution in [3.63, 3.8) is 0 Å². The van der Waals surface area contributed by atoms with Crippen LogP contribution >= 0.6 is 0 Å². The molecule has 7 rings (SSSR count). The Bertz CT molecular complexity index is 1070. The van der Waals surface area contributed by atoms with Gasteiger partial charge in [0.25, 0.3) is 0 Å². The van der Waals surface area contributed by atoms with Crippen molar-refractivity contribution in [3.8, 4) is 0 Å². The Morgan fingerprint density at radius 3 is 1.70 bits per heavy atom. The van der Waals surface area contributed by atoms with Crippen LogP contribution in [0.1, 0.15) is 62.5 Å². The SMILES string of the molecule is CN(C)C(=O)C12CC3(C4=CCCC=C4)CC(c4ccccc4)(C1)CC(c1ccccc1)(C2)C3. The van der Waals surface area contributed by atoms with Crippen molar-refractivity contribution >= 4 is 5.91 Å². The van der Waals surface area contributed by atoms with Crippen LogP contribution in [0.15, 0.2) is 84.5 Å². The van der Waals surface area contributed by atoms with E-state index in [-0.39, 0.29) is 21.7 Å². The Kier molecular flexibility index (Phi) is 4.57. The number of rotatable bonds is 4. The summed E-state index contributed by atoms with van der Waals surface area (Å²) in [6, 6.07) is 22.3. The number of hydrogen-bond donors (Lipinski definition) is 0. The first-order valence-corrected chi connectivity index (χ1v) is 12.6. The first kappa shape index (κ1) is 21.0. The third-order valence-electron chi connectivity index (χ3n) is 9.30. The van der Waals surface area contributed by atoms with Gasteiger partial charge in [0.2, 0.25) is 5.91 Å². The highest BCUT2D eigenvalue weighted by Crippen LogP contribution is 2.76. The van der Waals surface area contributed by atoms with Crippen molar-refractivity contribution in [1.29, 1.82) is 0 Å². The van der Waals surface area contributed by atoms with E-state index >= 15 is 0 Å². The van der Waals surface area contributed by atoms with E-state index in [0.717, 1.165) is 51.4 Å². The van der Waals surface area contributed by atoms with Gasteiger partial charge in [-0.3, -0.25) is 4.79 Å². The molecule has 4 fully saturated rings. The number of carbonyl (C=O) groups is 1. The molecule has 5 aliphatic carbocycles. The van der Waals surface area contributed by atoms with Gasteiger partial charge in [-0.05, 0) is 84.3 Å². The molecule has 0 saturated heterocycles. The van der Waals surface area contributed by atoms with Gasteiger partial charge < -0.3 is 4.90 Å². The van der Waals surface area contributed by atoms with Crippen LogP contribution in [-0.4, -0.2) is 24.9 Å². The average Bonchev–Trinajstić information content (AvgIpc) is 2.84. The van der Waals surface area contributed by atoms with Gasteiger partial charge in [0, 0.05) is 14.1 Å². The molecule has 33 heavy (non-hydrogen) atoms. The van der Waals surface area contributed by atoms with E-state index < -0.39 is 0 Å². The highest BCUT2D eigenvalue weighted by Gasteiger charge is 2.71. The third-order valence-corrected chi connectivity index (χ3v) is 9.30. The van der Waals surface area contributed by atoms with E-state index in [1.807, 2.05) is 19.0 Å². The molecule has 2 nitrogen and oxygen atoms in total. The maximum Gasteiger partial charge on any atom is 0.228 e. The maximum atomic E-state index is 14.1. The molecular weight excluding hydrogens is 402 g/mol. The molecule has 2 unspecified atom stereocenters. The molecule has 2 aromatic carbocycles. The largest absolute Gasteiger partial charge is 0.348 e. The highest BCUT2D eigenvalue weighted by molar-refractivity contribution is 5.84. The van der Waals surface area contributed by atoms with Gasteiger partial charge in [0.1, 0.15) is 0 Å². The van der Waals surface area contributed by atoms with Crippen LogP contribution in [0.4, 0.5) is 0 Å². The minimum atomic E-state index is -0.309. The van der Waals surface area contributed by atoms with Crippen molar-refractivity contribution in [2.24, 2.45) is 10.8 Å². The molecule has 2 heteroatoms. The monoisotopic (exact) mass is 437 g/mol. The van der Waals surface area contributed by atoms with Crippen molar-refractivity contribution in [2.45, 2.75) is 62.2 Å². The maximum absolute atomic E-state index is 14.1. The van der Waals surface area contributed by atoms with E-state index in [4.69, 9.17) is 0 Å². The Morgan fingerprint density at radius 1 is 0.697 bits per heavy atom. The van der Waals surface area contributed by atoms with Crippen LogP contribution in [0.25, 0.3) is 0 Å². The Morgan fingerprint density at radius 2 is 1.21 bits per heavy atom. The topological polar surface area (TPSA) is 20.3 Å². The Hall–Kier alpha value is -2.61. The van der Waals surface area contributed by atoms with Gasteiger partial charge in [-0.25, -0.2) is 0 Å². The molecule has 1 amide bonds. The zero-order chi connectivity index (χ0) is 22.7. The standard InChI is InChI=1S/C31H35NO/c1-32(2)27(33)31-21-28(24-12-6-3-7-13-24)18-29(22-31,25-14-8-4-9-15-25)20-30(19-28,23-31)26-16-10-5-11-17-26/h3-4,6-10,12-17H,5,11,18-23H2,1-2H3. The van der Waals surface area contributed by atoms with Gasteiger partial charge in [-0.15, -0.1) is 0 Å². The van der Waals surface area contributed by atoms with E-state index in [1.165, 1.54) is 16.7 Å². The summed E-state index contributed by atoms with van der Waals surface area (Å²) in [4.78, 5) is 15.9. The van der Waals surface area contributed by atoms with Crippen molar-refractivity contribution < 1.29 is 4.79 Å². The molecule has 170 valence electrons. The molecule has 4 bridgehead atoms. The van der Waals surface area contributed by atoms with Crippen LogP contribution in [0.3, 0.4) is 0 Å². The fraction of sp³-hybridized carbons (Fsp3) is 0.452. The molecule has 4 saturated carbocycles. The lowest BCUT2D eigenvalue weighted by atomic mass is 9.32. The first-order chi connectivity index (χ1) is 15.9. The molecule has 2 aromatic rings. The minimum Gasteiger partial charge on any atom is -0.348 e. The van der Waals surface area contributed by atoms with Gasteiger partial charge in [-0.2, -0.15) is 0 Å². The zero-order valence-electron chi connectivity index (χ0n) is 20.0. The number of hydrogen-bond acceptors (Lipinski definition) is 1. The summed E-state index contributed by atoms with van der Waals surface area (Å²) in [7, 11) is 3.91. The van der Waals surface area contributed by atoms with Gasteiger partial charge in [-0.1, -0.05) is 78.9 Å². The van der Waals surface area contributed by atoms with Crippen LogP contribution in [0.5, 0.6) is 0 Å². The lowest BCUT2D eigenvalue weighted by Gasteiger charge is -2.71. The lowest BCUT2D eigenvalue weighted by Crippen LogP contribution is -2.67. The van der Waals surface area contributed by atoms with E-state index in [9.17, 15) is 4.79 Å². The number of nitrogens with zero attached hydrogens (tertiary/aromatic N) is 1. The van der Waals surface area contributed by atoms with E-state index in [0.29, 0.717) is 5.91 Å². The Balaban J connectivity index is 1.62. The molecule has 0 radical (unpaired) electrons. The summed E-state index contributed by atoms with van der Waals surface area (Å²) in [6.07, 6.45) is 16.0. The van der Waals surface area contributed by atoms with E-state index in [2.05, 4.69) is 78.9 Å².